The highest BCUT2D eigenvalue weighted by Gasteiger charge is 2.28. The first-order valence-corrected chi connectivity index (χ1v) is 17.8. The van der Waals surface area contributed by atoms with Gasteiger partial charge in [-0.25, -0.2) is 16.8 Å². The molecule has 0 saturated carbocycles. The van der Waals surface area contributed by atoms with Crippen molar-refractivity contribution in [1.29, 1.82) is 0 Å². The van der Waals surface area contributed by atoms with Crippen molar-refractivity contribution < 1.29 is 31.1 Å². The Hall–Kier alpha value is -4.56. The molecule has 1 aliphatic heterocycles. The number of sulfonamides is 2. The number of hydrogen-bond acceptors (Lipinski definition) is 8. The predicted molar refractivity (Wildman–Crippen MR) is 184 cm³/mol. The molecule has 0 radical (unpaired) electrons. The third-order valence-corrected chi connectivity index (χ3v) is 10.7. The summed E-state index contributed by atoms with van der Waals surface area (Å²) in [5.74, 6) is -0.286. The van der Waals surface area contributed by atoms with E-state index in [-0.39, 0.29) is 27.6 Å². The molecule has 0 atom stereocenters. The van der Waals surface area contributed by atoms with Gasteiger partial charge < -0.3 is 19.7 Å². The molecule has 1 heterocycles. The zero-order chi connectivity index (χ0) is 33.6. The lowest BCUT2D eigenvalue weighted by Crippen LogP contribution is -2.37. The molecule has 14 heteroatoms. The molecule has 0 bridgehead atoms. The Labute approximate surface area is 279 Å². The van der Waals surface area contributed by atoms with Gasteiger partial charge in [0.1, 0.15) is 10.6 Å². The number of benzene rings is 4. The quantitative estimate of drug-likeness (QED) is 0.182. The Morgan fingerprint density at radius 2 is 1.66 bits per heavy atom. The highest BCUT2D eigenvalue weighted by Crippen LogP contribution is 2.33. The summed E-state index contributed by atoms with van der Waals surface area (Å²) in [5, 5.41) is 3.17. The first-order chi connectivity index (χ1) is 22.5. The van der Waals surface area contributed by atoms with Crippen molar-refractivity contribution in [3.8, 4) is 5.75 Å². The maximum atomic E-state index is 13.8. The number of halogens is 1. The molecule has 0 unspecified atom stereocenters. The van der Waals surface area contributed by atoms with Crippen LogP contribution in [0.2, 0.25) is 5.02 Å². The SMILES string of the molecule is C=CCN(c1ccccc1OC)S(=O)(=O)c1cccc(C(=O)Nc2ccc(N3CCOCC3)c(S(=O)(=O)Nc3ccc(Cl)cc3)c2)c1. The van der Waals surface area contributed by atoms with Crippen molar-refractivity contribution in [2.45, 2.75) is 9.79 Å². The highest BCUT2D eigenvalue weighted by atomic mass is 35.5. The molecule has 246 valence electrons. The molecule has 4 aromatic carbocycles. The number of para-hydroxylation sites is 2. The molecule has 1 fully saturated rings. The molecular formula is C33H33ClN4O7S2. The monoisotopic (exact) mass is 696 g/mol. The van der Waals surface area contributed by atoms with Crippen molar-refractivity contribution in [3.63, 3.8) is 0 Å². The number of rotatable bonds is 12. The van der Waals surface area contributed by atoms with Gasteiger partial charge in [-0.2, -0.15) is 0 Å². The molecule has 4 aromatic rings. The van der Waals surface area contributed by atoms with Crippen LogP contribution in [0, 0.1) is 0 Å². The van der Waals surface area contributed by atoms with Crippen LogP contribution < -0.4 is 24.0 Å². The van der Waals surface area contributed by atoms with Gasteiger partial charge in [0.15, 0.2) is 0 Å². The van der Waals surface area contributed by atoms with Gasteiger partial charge in [0, 0.05) is 35.1 Å². The van der Waals surface area contributed by atoms with Crippen molar-refractivity contribution in [3.05, 3.63) is 114 Å². The molecule has 2 N–H and O–H groups in total. The van der Waals surface area contributed by atoms with Crippen LogP contribution in [0.15, 0.2) is 113 Å². The van der Waals surface area contributed by atoms with E-state index in [0.717, 1.165) is 4.31 Å². The van der Waals surface area contributed by atoms with E-state index in [0.29, 0.717) is 54.1 Å². The van der Waals surface area contributed by atoms with Gasteiger partial charge in [0.05, 0.1) is 43.1 Å². The lowest BCUT2D eigenvalue weighted by atomic mass is 10.2. The van der Waals surface area contributed by atoms with Gasteiger partial charge in [-0.15, -0.1) is 6.58 Å². The zero-order valence-electron chi connectivity index (χ0n) is 25.4. The molecule has 0 aromatic heterocycles. The Kier molecular flexibility index (Phi) is 10.4. The van der Waals surface area contributed by atoms with Crippen molar-refractivity contribution >= 4 is 60.3 Å². The molecule has 47 heavy (non-hydrogen) atoms. The van der Waals surface area contributed by atoms with E-state index < -0.39 is 26.0 Å². The Morgan fingerprint density at radius 3 is 2.36 bits per heavy atom. The molecule has 1 aliphatic rings. The smallest absolute Gasteiger partial charge is 0.264 e. The van der Waals surface area contributed by atoms with Crippen LogP contribution in [0.4, 0.5) is 22.7 Å². The van der Waals surface area contributed by atoms with Crippen LogP contribution in [0.5, 0.6) is 5.75 Å². The third-order valence-electron chi connectivity index (χ3n) is 7.29. The topological polar surface area (TPSA) is 134 Å². The summed E-state index contributed by atoms with van der Waals surface area (Å²) >= 11 is 5.97. The fourth-order valence-electron chi connectivity index (χ4n) is 5.01. The van der Waals surface area contributed by atoms with E-state index in [1.54, 1.807) is 60.7 Å². The van der Waals surface area contributed by atoms with Crippen LogP contribution in [-0.4, -0.2) is 62.7 Å². The van der Waals surface area contributed by atoms with Crippen molar-refractivity contribution in [2.24, 2.45) is 0 Å². The molecule has 0 spiro atoms. The number of morpholine rings is 1. The summed E-state index contributed by atoms with van der Waals surface area (Å²) in [7, 11) is -6.85. The molecule has 5 rings (SSSR count). The fraction of sp³-hybridized carbons (Fsp3) is 0.182. The standard InChI is InChI=1S/C33H33ClN4O7S2/c1-3-17-38(29-9-4-5-10-31(29)44-2)47(42,43)28-8-6-7-24(22-28)33(39)35-27-15-16-30(37-18-20-45-21-19-37)32(23-27)46(40,41)36-26-13-11-25(34)12-14-26/h3-16,22-23,36H,1,17-21H2,2H3,(H,35,39). The van der Waals surface area contributed by atoms with Gasteiger partial charge in [-0.1, -0.05) is 35.9 Å². The maximum absolute atomic E-state index is 13.8. The molecular weight excluding hydrogens is 664 g/mol. The fourth-order valence-corrected chi connectivity index (χ4v) is 7.94. The summed E-state index contributed by atoms with van der Waals surface area (Å²) < 4.78 is 69.6. The number of carbonyl (C=O) groups excluding carboxylic acids is 1. The summed E-state index contributed by atoms with van der Waals surface area (Å²) in [6, 6.07) is 23.1. The van der Waals surface area contributed by atoms with E-state index in [9.17, 15) is 21.6 Å². The summed E-state index contributed by atoms with van der Waals surface area (Å²) in [4.78, 5) is 15.2. The first kappa shape index (κ1) is 33.8. The van der Waals surface area contributed by atoms with Crippen LogP contribution >= 0.6 is 11.6 Å². The van der Waals surface area contributed by atoms with Crippen LogP contribution in [0.1, 0.15) is 10.4 Å². The lowest BCUT2D eigenvalue weighted by Gasteiger charge is -2.30. The predicted octanol–water partition coefficient (Wildman–Crippen LogP) is 5.62. The van der Waals surface area contributed by atoms with Crippen molar-refractivity contribution in [2.75, 3.05) is 59.2 Å². The van der Waals surface area contributed by atoms with Gasteiger partial charge >= 0.3 is 0 Å². The number of methoxy groups -OCH3 is 1. The number of amides is 1. The second kappa shape index (κ2) is 14.5. The number of hydrogen-bond donors (Lipinski definition) is 2. The summed E-state index contributed by atoms with van der Waals surface area (Å²) in [6.45, 7) is 5.48. The van der Waals surface area contributed by atoms with E-state index >= 15 is 0 Å². The van der Waals surface area contributed by atoms with Gasteiger partial charge in [-0.3, -0.25) is 13.8 Å². The van der Waals surface area contributed by atoms with Gasteiger partial charge in [0.2, 0.25) is 0 Å². The minimum Gasteiger partial charge on any atom is -0.495 e. The van der Waals surface area contributed by atoms with Crippen LogP contribution in [0.25, 0.3) is 0 Å². The van der Waals surface area contributed by atoms with Crippen molar-refractivity contribution in [1.82, 2.24) is 0 Å². The molecule has 1 saturated heterocycles. The average Bonchev–Trinajstić information content (AvgIpc) is 3.08. The third kappa shape index (κ3) is 7.71. The minimum atomic E-state index is -4.16. The van der Waals surface area contributed by atoms with Gasteiger partial charge in [0.25, 0.3) is 26.0 Å². The zero-order valence-corrected chi connectivity index (χ0v) is 27.8. The Balaban J connectivity index is 1.46. The minimum absolute atomic E-state index is 0.0457. The average molecular weight is 697 g/mol. The van der Waals surface area contributed by atoms with E-state index in [4.69, 9.17) is 21.1 Å². The Bertz CT molecular complexity index is 1980. The largest absolute Gasteiger partial charge is 0.495 e. The number of nitrogens with zero attached hydrogens (tertiary/aromatic N) is 2. The molecule has 11 nitrogen and oxygen atoms in total. The highest BCUT2D eigenvalue weighted by molar-refractivity contribution is 7.93. The second-order valence-corrected chi connectivity index (χ2v) is 14.3. The maximum Gasteiger partial charge on any atom is 0.264 e. The first-order valence-electron chi connectivity index (χ1n) is 14.5. The summed E-state index contributed by atoms with van der Waals surface area (Å²) in [5.41, 5.74) is 1.31. The van der Waals surface area contributed by atoms with Crippen LogP contribution in [0.3, 0.4) is 0 Å². The number of anilines is 4. The number of carbonyl (C=O) groups is 1. The normalized spacial score (nSPS) is 13.4. The van der Waals surface area contributed by atoms with E-state index in [1.165, 1.54) is 43.5 Å². The van der Waals surface area contributed by atoms with E-state index in [1.807, 2.05) is 4.90 Å². The number of nitrogens with one attached hydrogen (secondary N) is 2. The summed E-state index contributed by atoms with van der Waals surface area (Å²) in [6.07, 6.45) is 1.45. The second-order valence-electron chi connectivity index (χ2n) is 10.4. The molecule has 1 amide bonds. The Morgan fingerprint density at radius 1 is 0.957 bits per heavy atom. The van der Waals surface area contributed by atoms with E-state index in [2.05, 4.69) is 16.6 Å². The molecule has 0 aliphatic carbocycles. The lowest BCUT2D eigenvalue weighted by molar-refractivity contribution is 0.102. The van der Waals surface area contributed by atoms with Gasteiger partial charge in [-0.05, 0) is 72.8 Å². The number of ether oxygens (including phenoxy) is 2. The van der Waals surface area contributed by atoms with Crippen LogP contribution in [-0.2, 0) is 24.8 Å².